The minimum absolute atomic E-state index is 0.0890. The van der Waals surface area contributed by atoms with Crippen molar-refractivity contribution >= 4 is 21.8 Å². The van der Waals surface area contributed by atoms with Gasteiger partial charge in [-0.15, -0.1) is 0 Å². The van der Waals surface area contributed by atoms with E-state index in [1.54, 1.807) is 0 Å². The summed E-state index contributed by atoms with van der Waals surface area (Å²) in [6, 6.07) is 5.85. The Balaban J connectivity index is 2.20. The minimum atomic E-state index is 0.0890. The van der Waals surface area contributed by atoms with Crippen molar-refractivity contribution in [3.05, 3.63) is 33.8 Å². The summed E-state index contributed by atoms with van der Waals surface area (Å²) in [5, 5.41) is 0. The molecule has 92 valence electrons. The van der Waals surface area contributed by atoms with E-state index in [0.717, 1.165) is 35.2 Å². The second-order valence-corrected chi connectivity index (χ2v) is 5.10. The molecule has 1 amide bonds. The lowest BCUT2D eigenvalue weighted by atomic mass is 10.1. The average molecular weight is 298 g/mol. The summed E-state index contributed by atoms with van der Waals surface area (Å²) in [6.45, 7) is 4.83. The summed E-state index contributed by atoms with van der Waals surface area (Å²) >= 11 is 3.44. The van der Waals surface area contributed by atoms with Crippen LogP contribution in [0.4, 0.5) is 0 Å². The summed E-state index contributed by atoms with van der Waals surface area (Å²) in [4.78, 5) is 14.2. The lowest BCUT2D eigenvalue weighted by Gasteiger charge is -2.20. The first-order chi connectivity index (χ1) is 8.18. The van der Waals surface area contributed by atoms with Crippen molar-refractivity contribution in [1.29, 1.82) is 0 Å². The summed E-state index contributed by atoms with van der Waals surface area (Å²) in [7, 11) is 0. The number of ether oxygens (including phenoxy) is 1. The maximum Gasteiger partial charge on any atom is 0.255 e. The Labute approximate surface area is 110 Å². The summed E-state index contributed by atoms with van der Waals surface area (Å²) in [5.74, 6) is 0.0890. The van der Waals surface area contributed by atoms with Gasteiger partial charge in [-0.3, -0.25) is 4.79 Å². The normalized spacial score (nSPS) is 16.7. The summed E-state index contributed by atoms with van der Waals surface area (Å²) in [6.07, 6.45) is 0.912. The number of carbonyl (C=O) groups excluding carboxylic acids is 1. The number of halogens is 1. The van der Waals surface area contributed by atoms with E-state index in [1.165, 1.54) is 0 Å². The quantitative estimate of drug-likeness (QED) is 0.797. The Morgan fingerprint density at radius 2 is 2.18 bits per heavy atom. The third-order valence-corrected chi connectivity index (χ3v) is 3.55. The van der Waals surface area contributed by atoms with E-state index in [0.29, 0.717) is 13.2 Å². The van der Waals surface area contributed by atoms with Crippen LogP contribution in [0.15, 0.2) is 22.7 Å². The van der Waals surface area contributed by atoms with Gasteiger partial charge in [0, 0.05) is 24.2 Å². The lowest BCUT2D eigenvalue weighted by Crippen LogP contribution is -2.33. The molecule has 0 saturated carbocycles. The molecule has 1 heterocycles. The molecule has 1 aliphatic rings. The van der Waals surface area contributed by atoms with E-state index in [4.69, 9.17) is 4.74 Å². The van der Waals surface area contributed by atoms with E-state index in [1.807, 2.05) is 30.0 Å². The second kappa shape index (κ2) is 5.65. The smallest absolute Gasteiger partial charge is 0.255 e. The topological polar surface area (TPSA) is 29.5 Å². The fourth-order valence-electron chi connectivity index (χ4n) is 1.92. The van der Waals surface area contributed by atoms with E-state index in [-0.39, 0.29) is 5.91 Å². The Kier molecular flexibility index (Phi) is 4.18. The van der Waals surface area contributed by atoms with Gasteiger partial charge in [0.1, 0.15) is 0 Å². The van der Waals surface area contributed by atoms with Gasteiger partial charge in [0.05, 0.1) is 12.2 Å². The van der Waals surface area contributed by atoms with Crippen LogP contribution in [0.5, 0.6) is 0 Å². The number of hydrogen-bond acceptors (Lipinski definition) is 2. The molecule has 1 saturated heterocycles. The highest BCUT2D eigenvalue weighted by Gasteiger charge is 2.19. The van der Waals surface area contributed by atoms with Crippen molar-refractivity contribution < 1.29 is 9.53 Å². The molecule has 1 aromatic rings. The molecule has 0 aliphatic carbocycles. The van der Waals surface area contributed by atoms with Crippen LogP contribution >= 0.6 is 15.9 Å². The number of hydrogen-bond donors (Lipinski definition) is 0. The molecular weight excluding hydrogens is 282 g/mol. The van der Waals surface area contributed by atoms with Crippen molar-refractivity contribution in [2.24, 2.45) is 0 Å². The van der Waals surface area contributed by atoms with Gasteiger partial charge in [-0.2, -0.15) is 0 Å². The fraction of sp³-hybridized carbons (Fsp3) is 0.462. The van der Waals surface area contributed by atoms with Crippen LogP contribution in [0.3, 0.4) is 0 Å². The monoisotopic (exact) mass is 297 g/mol. The largest absolute Gasteiger partial charge is 0.380 e. The number of nitrogens with zero attached hydrogens (tertiary/aromatic N) is 1. The fourth-order valence-corrected chi connectivity index (χ4v) is 2.34. The first-order valence-corrected chi connectivity index (χ1v) is 6.61. The van der Waals surface area contributed by atoms with Crippen LogP contribution in [0.1, 0.15) is 22.3 Å². The van der Waals surface area contributed by atoms with Gasteiger partial charge in [-0.05, 0) is 41.4 Å². The predicted molar refractivity (Wildman–Crippen MR) is 70.2 cm³/mol. The standard InChI is InChI=1S/C13H16BrNO2/c1-10-3-4-12(14)11(9-10)13(16)15-5-2-7-17-8-6-15/h3-4,9H,2,5-8H2,1H3. The number of benzene rings is 1. The number of amides is 1. The first-order valence-electron chi connectivity index (χ1n) is 5.81. The molecule has 0 bridgehead atoms. The molecule has 17 heavy (non-hydrogen) atoms. The number of rotatable bonds is 1. The van der Waals surface area contributed by atoms with Crippen molar-refractivity contribution in [2.75, 3.05) is 26.3 Å². The van der Waals surface area contributed by atoms with Crippen LogP contribution in [0, 0.1) is 6.92 Å². The van der Waals surface area contributed by atoms with E-state index >= 15 is 0 Å². The van der Waals surface area contributed by atoms with Crippen molar-refractivity contribution in [3.8, 4) is 0 Å². The second-order valence-electron chi connectivity index (χ2n) is 4.24. The Hall–Kier alpha value is -0.870. The lowest BCUT2D eigenvalue weighted by molar-refractivity contribution is 0.0740. The van der Waals surface area contributed by atoms with Crippen LogP contribution in [-0.2, 0) is 4.74 Å². The molecule has 1 aliphatic heterocycles. The predicted octanol–water partition coefficient (Wildman–Crippen LogP) is 2.62. The van der Waals surface area contributed by atoms with Gasteiger partial charge in [0.25, 0.3) is 5.91 Å². The Morgan fingerprint density at radius 1 is 1.35 bits per heavy atom. The molecule has 0 N–H and O–H groups in total. The molecule has 0 unspecified atom stereocenters. The van der Waals surface area contributed by atoms with E-state index < -0.39 is 0 Å². The Morgan fingerprint density at radius 3 is 3.00 bits per heavy atom. The zero-order valence-corrected chi connectivity index (χ0v) is 11.5. The molecule has 3 nitrogen and oxygen atoms in total. The third kappa shape index (κ3) is 3.07. The maximum absolute atomic E-state index is 12.4. The minimum Gasteiger partial charge on any atom is -0.380 e. The molecule has 0 spiro atoms. The number of carbonyl (C=O) groups is 1. The van der Waals surface area contributed by atoms with Gasteiger partial charge in [-0.1, -0.05) is 11.6 Å². The Bertz CT molecular complexity index is 412. The summed E-state index contributed by atoms with van der Waals surface area (Å²) in [5.41, 5.74) is 1.84. The van der Waals surface area contributed by atoms with Crippen LogP contribution in [-0.4, -0.2) is 37.1 Å². The van der Waals surface area contributed by atoms with Gasteiger partial charge >= 0.3 is 0 Å². The SMILES string of the molecule is Cc1ccc(Br)c(C(=O)N2CCCOCC2)c1. The van der Waals surface area contributed by atoms with Crippen LogP contribution in [0.2, 0.25) is 0 Å². The number of aryl methyl sites for hydroxylation is 1. The van der Waals surface area contributed by atoms with Gasteiger partial charge in [0.15, 0.2) is 0 Å². The summed E-state index contributed by atoms with van der Waals surface area (Å²) < 4.78 is 6.22. The van der Waals surface area contributed by atoms with Gasteiger partial charge in [-0.25, -0.2) is 0 Å². The molecule has 0 aromatic heterocycles. The molecule has 0 radical (unpaired) electrons. The van der Waals surface area contributed by atoms with E-state index in [9.17, 15) is 4.79 Å². The van der Waals surface area contributed by atoms with Gasteiger partial charge < -0.3 is 9.64 Å². The van der Waals surface area contributed by atoms with Gasteiger partial charge in [0.2, 0.25) is 0 Å². The molecule has 1 fully saturated rings. The highest BCUT2D eigenvalue weighted by atomic mass is 79.9. The van der Waals surface area contributed by atoms with Crippen LogP contribution in [0.25, 0.3) is 0 Å². The average Bonchev–Trinajstić information content (AvgIpc) is 2.60. The third-order valence-electron chi connectivity index (χ3n) is 2.86. The van der Waals surface area contributed by atoms with Crippen molar-refractivity contribution in [1.82, 2.24) is 4.90 Å². The highest BCUT2D eigenvalue weighted by Crippen LogP contribution is 2.20. The molecule has 1 aromatic carbocycles. The molecule has 0 atom stereocenters. The van der Waals surface area contributed by atoms with Crippen LogP contribution < -0.4 is 0 Å². The molecule has 4 heteroatoms. The van der Waals surface area contributed by atoms with Crippen molar-refractivity contribution in [3.63, 3.8) is 0 Å². The molecule has 2 rings (SSSR count). The van der Waals surface area contributed by atoms with Crippen molar-refractivity contribution in [2.45, 2.75) is 13.3 Å². The zero-order valence-electron chi connectivity index (χ0n) is 9.91. The molecular formula is C13H16BrNO2. The highest BCUT2D eigenvalue weighted by molar-refractivity contribution is 9.10. The van der Waals surface area contributed by atoms with E-state index in [2.05, 4.69) is 15.9 Å². The maximum atomic E-state index is 12.4. The first kappa shape index (κ1) is 12.6. The zero-order chi connectivity index (χ0) is 12.3.